The molecular weight excluding hydrogens is 354 g/mol. The van der Waals surface area contributed by atoms with Gasteiger partial charge in [0.15, 0.2) is 0 Å². The van der Waals surface area contributed by atoms with Gasteiger partial charge < -0.3 is 10.2 Å². The third-order valence-corrected chi connectivity index (χ3v) is 4.23. The minimum atomic E-state index is 0.422. The number of hydrogen-bond donors (Lipinski definition) is 1. The molecule has 0 bridgehead atoms. The van der Waals surface area contributed by atoms with Crippen molar-refractivity contribution in [2.24, 2.45) is 0 Å². The predicted molar refractivity (Wildman–Crippen MR) is 87.8 cm³/mol. The number of anilines is 2. The van der Waals surface area contributed by atoms with E-state index in [-0.39, 0.29) is 0 Å². The first-order valence-corrected chi connectivity index (χ1v) is 7.98. The maximum atomic E-state index is 6.26. The smallest absolute Gasteiger partial charge is 0.147 e. The Morgan fingerprint density at radius 3 is 2.76 bits per heavy atom. The van der Waals surface area contributed by atoms with E-state index in [1.165, 1.54) is 0 Å². The van der Waals surface area contributed by atoms with Gasteiger partial charge in [-0.1, -0.05) is 11.6 Å². The number of aromatic nitrogens is 3. The molecule has 1 N–H and O–H groups in total. The number of nitrogens with zero attached hydrogens (tertiary/aromatic N) is 4. The second kappa shape index (κ2) is 6.58. The molecule has 0 atom stereocenters. The summed E-state index contributed by atoms with van der Waals surface area (Å²) in [5.41, 5.74) is 0. The van der Waals surface area contributed by atoms with Gasteiger partial charge in [0, 0.05) is 36.0 Å². The lowest BCUT2D eigenvalue weighted by atomic mass is 10.1. The van der Waals surface area contributed by atoms with Gasteiger partial charge in [-0.3, -0.25) is 0 Å². The molecule has 0 saturated carbocycles. The Bertz CT molecular complexity index is 602. The van der Waals surface area contributed by atoms with Gasteiger partial charge in [0.25, 0.3) is 0 Å². The quantitative estimate of drug-likeness (QED) is 0.900. The highest BCUT2D eigenvalue weighted by atomic mass is 79.9. The summed E-state index contributed by atoms with van der Waals surface area (Å²) in [5, 5.41) is 4.12. The van der Waals surface area contributed by atoms with Gasteiger partial charge in [-0.05, 0) is 40.9 Å². The summed E-state index contributed by atoms with van der Waals surface area (Å²) in [5.74, 6) is 1.74. The van der Waals surface area contributed by atoms with Gasteiger partial charge in [-0.2, -0.15) is 0 Å². The zero-order valence-corrected chi connectivity index (χ0v) is 13.7. The Hall–Kier alpha value is -1.40. The first-order valence-electron chi connectivity index (χ1n) is 6.81. The van der Waals surface area contributed by atoms with Crippen molar-refractivity contribution in [3.63, 3.8) is 0 Å². The Morgan fingerprint density at radius 1 is 1.29 bits per heavy atom. The van der Waals surface area contributed by atoms with E-state index >= 15 is 0 Å². The summed E-state index contributed by atoms with van der Waals surface area (Å²) in [7, 11) is 0. The van der Waals surface area contributed by atoms with E-state index in [0.29, 0.717) is 11.1 Å². The molecule has 0 spiro atoms. The topological polar surface area (TPSA) is 53.9 Å². The molecule has 2 aromatic rings. The number of halogens is 2. The van der Waals surface area contributed by atoms with Gasteiger partial charge in [0.2, 0.25) is 0 Å². The van der Waals surface area contributed by atoms with Crippen LogP contribution >= 0.6 is 27.5 Å². The zero-order valence-electron chi connectivity index (χ0n) is 11.3. The van der Waals surface area contributed by atoms with E-state index in [9.17, 15) is 0 Å². The largest absolute Gasteiger partial charge is 0.367 e. The summed E-state index contributed by atoms with van der Waals surface area (Å²) in [6, 6.07) is 4.19. The van der Waals surface area contributed by atoms with E-state index in [2.05, 4.69) is 41.1 Å². The normalized spacial score (nSPS) is 16.0. The molecule has 110 valence electrons. The van der Waals surface area contributed by atoms with Crippen molar-refractivity contribution < 1.29 is 0 Å². The monoisotopic (exact) mass is 367 g/mol. The van der Waals surface area contributed by atoms with Gasteiger partial charge in [0.1, 0.15) is 18.0 Å². The van der Waals surface area contributed by atoms with E-state index < -0.39 is 0 Å². The van der Waals surface area contributed by atoms with Crippen LogP contribution in [0.2, 0.25) is 5.02 Å². The highest BCUT2D eigenvalue weighted by molar-refractivity contribution is 9.10. The number of rotatable bonds is 3. The average molecular weight is 369 g/mol. The lowest BCUT2D eigenvalue weighted by Gasteiger charge is -2.33. The standard InChI is InChI=1S/C14H15BrClN5/c15-10-7-12(16)14(18-8-10)21-5-2-11(3-6-21)20-13-1-4-17-9-19-13/h1,4,7-9,11H,2-3,5-6H2,(H,17,19,20). The van der Waals surface area contributed by atoms with E-state index in [1.54, 1.807) is 18.7 Å². The van der Waals surface area contributed by atoms with Crippen LogP contribution in [0.15, 0.2) is 35.3 Å². The van der Waals surface area contributed by atoms with Crippen molar-refractivity contribution in [3.05, 3.63) is 40.3 Å². The van der Waals surface area contributed by atoms with Crippen molar-refractivity contribution in [2.45, 2.75) is 18.9 Å². The van der Waals surface area contributed by atoms with Crippen molar-refractivity contribution in [1.82, 2.24) is 15.0 Å². The first kappa shape index (κ1) is 14.5. The maximum Gasteiger partial charge on any atom is 0.147 e. The molecule has 1 fully saturated rings. The molecule has 21 heavy (non-hydrogen) atoms. The lowest BCUT2D eigenvalue weighted by Crippen LogP contribution is -2.39. The molecular formula is C14H15BrClN5. The van der Waals surface area contributed by atoms with Crippen molar-refractivity contribution in [3.8, 4) is 0 Å². The number of nitrogens with one attached hydrogen (secondary N) is 1. The Morgan fingerprint density at radius 2 is 2.10 bits per heavy atom. The van der Waals surface area contributed by atoms with Gasteiger partial charge in [-0.25, -0.2) is 15.0 Å². The van der Waals surface area contributed by atoms with Crippen LogP contribution in [0.3, 0.4) is 0 Å². The summed E-state index contributed by atoms with van der Waals surface area (Å²) in [6.07, 6.45) is 7.14. The molecule has 1 saturated heterocycles. The minimum Gasteiger partial charge on any atom is -0.367 e. The fourth-order valence-electron chi connectivity index (χ4n) is 2.46. The second-order valence-electron chi connectivity index (χ2n) is 4.96. The highest BCUT2D eigenvalue weighted by Gasteiger charge is 2.21. The fourth-order valence-corrected chi connectivity index (χ4v) is 3.21. The Labute approximate surface area is 136 Å². The van der Waals surface area contributed by atoms with Gasteiger partial charge >= 0.3 is 0 Å². The van der Waals surface area contributed by atoms with Gasteiger partial charge in [-0.15, -0.1) is 0 Å². The molecule has 7 heteroatoms. The highest BCUT2D eigenvalue weighted by Crippen LogP contribution is 2.28. The summed E-state index contributed by atoms with van der Waals surface area (Å²) in [4.78, 5) is 14.8. The molecule has 3 rings (SSSR count). The lowest BCUT2D eigenvalue weighted by molar-refractivity contribution is 0.522. The second-order valence-corrected chi connectivity index (χ2v) is 6.28. The minimum absolute atomic E-state index is 0.422. The van der Waals surface area contributed by atoms with Crippen LogP contribution in [0, 0.1) is 0 Å². The van der Waals surface area contributed by atoms with Crippen molar-refractivity contribution in [1.29, 1.82) is 0 Å². The Kier molecular flexibility index (Phi) is 4.55. The summed E-state index contributed by atoms with van der Waals surface area (Å²) in [6.45, 7) is 1.86. The molecule has 2 aromatic heterocycles. The zero-order chi connectivity index (χ0) is 14.7. The molecule has 1 aliphatic rings. The predicted octanol–water partition coefficient (Wildman–Crippen LogP) is 3.37. The van der Waals surface area contributed by atoms with Gasteiger partial charge in [0.05, 0.1) is 5.02 Å². The molecule has 3 heterocycles. The molecule has 0 aromatic carbocycles. The van der Waals surface area contributed by atoms with Crippen LogP contribution in [-0.4, -0.2) is 34.1 Å². The van der Waals surface area contributed by atoms with Crippen LogP contribution < -0.4 is 10.2 Å². The van der Waals surface area contributed by atoms with Crippen molar-refractivity contribution in [2.75, 3.05) is 23.3 Å². The first-order chi connectivity index (χ1) is 10.2. The Balaban J connectivity index is 1.60. The summed E-state index contributed by atoms with van der Waals surface area (Å²) >= 11 is 9.64. The van der Waals surface area contributed by atoms with E-state index in [0.717, 1.165) is 42.0 Å². The number of pyridine rings is 1. The third-order valence-electron chi connectivity index (χ3n) is 3.52. The SMILES string of the molecule is Clc1cc(Br)cnc1N1CCC(Nc2ccncn2)CC1. The van der Waals surface area contributed by atoms with Crippen LogP contribution in [0.1, 0.15) is 12.8 Å². The number of hydrogen-bond acceptors (Lipinski definition) is 5. The van der Waals surface area contributed by atoms with Crippen LogP contribution in [-0.2, 0) is 0 Å². The average Bonchev–Trinajstić information content (AvgIpc) is 2.49. The van der Waals surface area contributed by atoms with E-state index in [4.69, 9.17) is 11.6 Å². The maximum absolute atomic E-state index is 6.26. The number of piperidine rings is 1. The molecule has 0 amide bonds. The van der Waals surface area contributed by atoms with Crippen LogP contribution in [0.25, 0.3) is 0 Å². The molecule has 0 unspecified atom stereocenters. The molecule has 0 radical (unpaired) electrons. The molecule has 1 aliphatic heterocycles. The third kappa shape index (κ3) is 3.63. The van der Waals surface area contributed by atoms with E-state index in [1.807, 2.05) is 12.1 Å². The van der Waals surface area contributed by atoms with Crippen molar-refractivity contribution >= 4 is 39.2 Å². The summed E-state index contributed by atoms with van der Waals surface area (Å²) < 4.78 is 0.900. The molecule has 0 aliphatic carbocycles. The fraction of sp³-hybridized carbons (Fsp3) is 0.357. The van der Waals surface area contributed by atoms with Crippen LogP contribution in [0.4, 0.5) is 11.6 Å². The molecule has 5 nitrogen and oxygen atoms in total. The van der Waals surface area contributed by atoms with Crippen LogP contribution in [0.5, 0.6) is 0 Å².